The molecule has 0 N–H and O–H groups in total. The van der Waals surface area contributed by atoms with Crippen molar-refractivity contribution in [1.29, 1.82) is 0 Å². The quantitative estimate of drug-likeness (QED) is 0.103. The third kappa shape index (κ3) is 9.20. The molecule has 0 saturated carbocycles. The Labute approximate surface area is 211 Å². The van der Waals surface area contributed by atoms with Gasteiger partial charge in [-0.25, -0.2) is 4.79 Å². The molecule has 0 fully saturated rings. The van der Waals surface area contributed by atoms with E-state index < -0.39 is 11.8 Å². The van der Waals surface area contributed by atoms with Gasteiger partial charge >= 0.3 is 5.97 Å². The fourth-order valence-corrected chi connectivity index (χ4v) is 4.24. The summed E-state index contributed by atoms with van der Waals surface area (Å²) in [5.74, 6) is 0.664. The molecule has 35 heavy (non-hydrogen) atoms. The van der Waals surface area contributed by atoms with Gasteiger partial charge in [-0.15, -0.1) is 0 Å². The molecule has 0 aliphatic heterocycles. The highest BCUT2D eigenvalue weighted by molar-refractivity contribution is 6.38. The zero-order valence-corrected chi connectivity index (χ0v) is 22.0. The summed E-state index contributed by atoms with van der Waals surface area (Å²) in [6.45, 7) is 11.3. The van der Waals surface area contributed by atoms with Crippen molar-refractivity contribution in [3.05, 3.63) is 77.9 Å². The Bertz CT molecular complexity index is 992. The second kappa shape index (κ2) is 13.7. The minimum atomic E-state index is -0.895. The highest BCUT2D eigenvalue weighted by Crippen LogP contribution is 2.41. The third-order valence-electron chi connectivity index (χ3n) is 6.35. The summed E-state index contributed by atoms with van der Waals surface area (Å²) in [6.07, 6.45) is 11.0. The van der Waals surface area contributed by atoms with Crippen LogP contribution in [0.5, 0.6) is 11.5 Å². The Balaban J connectivity index is 1.98. The zero-order valence-electron chi connectivity index (χ0n) is 22.0. The summed E-state index contributed by atoms with van der Waals surface area (Å²) in [5, 5.41) is 0. The number of rotatable bonds is 12. The van der Waals surface area contributed by atoms with Crippen molar-refractivity contribution in [3.63, 3.8) is 0 Å². The molecule has 2 aromatic carbocycles. The van der Waals surface area contributed by atoms with Crippen LogP contribution in [-0.2, 0) is 9.59 Å². The molecule has 0 saturated heterocycles. The molecule has 0 aliphatic rings. The van der Waals surface area contributed by atoms with Gasteiger partial charge in [0.2, 0.25) is 0 Å². The number of hydrogen-bond acceptors (Lipinski definition) is 4. The van der Waals surface area contributed by atoms with Gasteiger partial charge in [0, 0.05) is 0 Å². The maximum Gasteiger partial charge on any atom is 0.384 e. The van der Waals surface area contributed by atoms with Gasteiger partial charge in [-0.05, 0) is 65.1 Å². The Morgan fingerprint density at radius 1 is 0.914 bits per heavy atom. The molecule has 4 heteroatoms. The number of benzene rings is 2. The molecule has 4 nitrogen and oxygen atoms in total. The topological polar surface area (TPSA) is 52.6 Å². The summed E-state index contributed by atoms with van der Waals surface area (Å²) in [7, 11) is 1.62. The van der Waals surface area contributed by atoms with Crippen LogP contribution in [0.1, 0.15) is 77.3 Å². The van der Waals surface area contributed by atoms with Crippen molar-refractivity contribution in [3.8, 4) is 11.5 Å². The molecule has 0 heterocycles. The fraction of sp³-hybridized carbons (Fsp3) is 0.419. The number of allylic oxidation sites excluding steroid dienone is 2. The molecule has 0 aromatic heterocycles. The molecule has 0 aliphatic carbocycles. The Kier molecular flexibility index (Phi) is 11.0. The average molecular weight is 477 g/mol. The van der Waals surface area contributed by atoms with Gasteiger partial charge in [-0.2, -0.15) is 0 Å². The normalized spacial score (nSPS) is 13.7. The Morgan fingerprint density at radius 3 is 2.09 bits per heavy atom. The van der Waals surface area contributed by atoms with E-state index in [1.54, 1.807) is 25.3 Å². The average Bonchev–Trinajstić information content (AvgIpc) is 2.84. The number of ketones is 1. The molecule has 0 bridgehead atoms. The fourth-order valence-electron chi connectivity index (χ4n) is 4.24. The molecular formula is C31H40O4. The first-order valence-corrected chi connectivity index (χ1v) is 12.5. The lowest BCUT2D eigenvalue weighted by molar-refractivity contribution is -0.144. The minimum absolute atomic E-state index is 0.124. The highest BCUT2D eigenvalue weighted by Gasteiger charge is 2.28. The highest BCUT2D eigenvalue weighted by atomic mass is 16.5. The summed E-state index contributed by atoms with van der Waals surface area (Å²) < 4.78 is 10.4. The van der Waals surface area contributed by atoms with Crippen LogP contribution >= 0.6 is 0 Å². The number of methoxy groups -OCH3 is 1. The molecule has 2 atom stereocenters. The Morgan fingerprint density at radius 2 is 1.54 bits per heavy atom. The van der Waals surface area contributed by atoms with E-state index in [0.29, 0.717) is 17.6 Å². The minimum Gasteiger partial charge on any atom is -0.497 e. The largest absolute Gasteiger partial charge is 0.497 e. The van der Waals surface area contributed by atoms with E-state index in [0.717, 1.165) is 17.7 Å². The molecule has 0 spiro atoms. The third-order valence-corrected chi connectivity index (χ3v) is 6.35. The van der Waals surface area contributed by atoms with Crippen molar-refractivity contribution in [2.75, 3.05) is 7.11 Å². The molecular weight excluding hydrogens is 436 g/mol. The second-order valence-corrected chi connectivity index (χ2v) is 10.0. The van der Waals surface area contributed by atoms with Gasteiger partial charge in [0.15, 0.2) is 0 Å². The Hall–Kier alpha value is -3.14. The van der Waals surface area contributed by atoms with Gasteiger partial charge in [-0.1, -0.05) is 96.4 Å². The van der Waals surface area contributed by atoms with Gasteiger partial charge in [0.1, 0.15) is 11.5 Å². The maximum atomic E-state index is 12.2. The first kappa shape index (κ1) is 28.1. The number of carbonyl (C=O) groups excluding carboxylic acids is 2. The second-order valence-electron chi connectivity index (χ2n) is 10.0. The first-order valence-electron chi connectivity index (χ1n) is 12.5. The van der Waals surface area contributed by atoms with Crippen molar-refractivity contribution in [2.24, 2.45) is 11.3 Å². The summed E-state index contributed by atoms with van der Waals surface area (Å²) in [5.41, 5.74) is 2.32. The number of hydrogen-bond donors (Lipinski definition) is 0. The van der Waals surface area contributed by atoms with E-state index in [1.807, 2.05) is 42.5 Å². The molecule has 0 radical (unpaired) electrons. The number of ether oxygens (including phenoxy) is 2. The van der Waals surface area contributed by atoms with Crippen LogP contribution < -0.4 is 9.47 Å². The number of esters is 1. The van der Waals surface area contributed by atoms with Crippen LogP contribution in [0.15, 0.2) is 66.8 Å². The maximum absolute atomic E-state index is 12.2. The summed E-state index contributed by atoms with van der Waals surface area (Å²) in [4.78, 5) is 24.4. The van der Waals surface area contributed by atoms with Gasteiger partial charge in [-0.3, -0.25) is 4.79 Å². The van der Waals surface area contributed by atoms with Crippen LogP contribution in [0.4, 0.5) is 0 Å². The van der Waals surface area contributed by atoms with Crippen molar-refractivity contribution in [1.82, 2.24) is 0 Å². The van der Waals surface area contributed by atoms with Crippen molar-refractivity contribution in [2.45, 2.75) is 66.2 Å². The van der Waals surface area contributed by atoms with E-state index in [-0.39, 0.29) is 5.41 Å². The monoisotopic (exact) mass is 476 g/mol. The lowest BCUT2D eigenvalue weighted by Gasteiger charge is -2.34. The molecule has 2 unspecified atom stereocenters. The standard InChI is InChI=1S/C31H40O4/c1-7-11-23(8-2)22-28(31(3,4)5)25-16-20-27(21-17-25)35-30(33)29(32)13-10-9-12-24-14-18-26(34-6)19-15-24/h9-10,12-21,23,28H,7-8,11,22H2,1-6H3. The van der Waals surface area contributed by atoms with E-state index >= 15 is 0 Å². The zero-order chi connectivity index (χ0) is 25.8. The first-order chi connectivity index (χ1) is 16.7. The number of carbonyl (C=O) groups is 2. The lowest BCUT2D eigenvalue weighted by atomic mass is 9.71. The van der Waals surface area contributed by atoms with Crippen LogP contribution in [0.2, 0.25) is 0 Å². The molecule has 188 valence electrons. The van der Waals surface area contributed by atoms with Crippen molar-refractivity contribution < 1.29 is 19.1 Å². The van der Waals surface area contributed by atoms with Crippen LogP contribution in [0.25, 0.3) is 6.08 Å². The van der Waals surface area contributed by atoms with Crippen LogP contribution in [0.3, 0.4) is 0 Å². The van der Waals surface area contributed by atoms with Crippen LogP contribution in [0, 0.1) is 11.3 Å². The van der Waals surface area contributed by atoms with E-state index in [2.05, 4.69) is 34.6 Å². The van der Waals surface area contributed by atoms with Gasteiger partial charge in [0.05, 0.1) is 7.11 Å². The predicted molar refractivity (Wildman–Crippen MR) is 144 cm³/mol. The van der Waals surface area contributed by atoms with E-state index in [1.165, 1.54) is 37.0 Å². The summed E-state index contributed by atoms with van der Waals surface area (Å²) >= 11 is 0. The molecule has 0 amide bonds. The predicted octanol–water partition coefficient (Wildman–Crippen LogP) is 7.79. The van der Waals surface area contributed by atoms with E-state index in [4.69, 9.17) is 9.47 Å². The van der Waals surface area contributed by atoms with Gasteiger partial charge in [0.25, 0.3) is 5.78 Å². The summed E-state index contributed by atoms with van der Waals surface area (Å²) in [6, 6.07) is 15.1. The van der Waals surface area contributed by atoms with E-state index in [9.17, 15) is 9.59 Å². The lowest BCUT2D eigenvalue weighted by Crippen LogP contribution is -2.22. The van der Waals surface area contributed by atoms with Crippen LogP contribution in [-0.4, -0.2) is 18.9 Å². The van der Waals surface area contributed by atoms with Gasteiger partial charge < -0.3 is 9.47 Å². The molecule has 2 rings (SSSR count). The SMILES string of the molecule is CCCC(CC)CC(c1ccc(OC(=O)C(=O)C=CC=Cc2ccc(OC)cc2)cc1)C(C)(C)C. The molecule has 2 aromatic rings. The smallest absolute Gasteiger partial charge is 0.384 e. The van der Waals surface area contributed by atoms with Crippen molar-refractivity contribution >= 4 is 17.8 Å².